The molecule has 6 nitrogen and oxygen atoms in total. The van der Waals surface area contributed by atoms with E-state index in [1.807, 2.05) is 0 Å². The molecule has 0 bridgehead atoms. The molecule has 15 heavy (non-hydrogen) atoms. The van der Waals surface area contributed by atoms with E-state index in [1.54, 1.807) is 6.92 Å². The Hall–Kier alpha value is -0.680. The summed E-state index contributed by atoms with van der Waals surface area (Å²) in [5.74, 6) is -0.659. The van der Waals surface area contributed by atoms with Gasteiger partial charge in [0.05, 0.1) is 6.61 Å². The lowest BCUT2D eigenvalue weighted by atomic mass is 10.1. The van der Waals surface area contributed by atoms with Gasteiger partial charge in [-0.15, -0.1) is 0 Å². The molecule has 0 aromatic heterocycles. The van der Waals surface area contributed by atoms with Crippen LogP contribution in [0.1, 0.15) is 20.3 Å². The molecule has 0 radical (unpaired) electrons. The highest BCUT2D eigenvalue weighted by Crippen LogP contribution is 2.37. The van der Waals surface area contributed by atoms with Crippen molar-refractivity contribution in [1.29, 1.82) is 0 Å². The molecule has 0 aliphatic carbocycles. The van der Waals surface area contributed by atoms with Crippen LogP contribution in [0.4, 0.5) is 0 Å². The highest BCUT2D eigenvalue weighted by molar-refractivity contribution is 7.46. The zero-order valence-corrected chi connectivity index (χ0v) is 9.57. The van der Waals surface area contributed by atoms with Gasteiger partial charge in [0.1, 0.15) is 5.60 Å². The number of phosphoric ester groups is 1. The average molecular weight is 238 g/mol. The van der Waals surface area contributed by atoms with Crippen molar-refractivity contribution < 1.29 is 28.4 Å². The van der Waals surface area contributed by atoms with E-state index in [2.05, 4.69) is 11.1 Å². The summed E-state index contributed by atoms with van der Waals surface area (Å²) in [6.07, 6.45) is 1.35. The summed E-state index contributed by atoms with van der Waals surface area (Å²) in [5, 5.41) is 0. The lowest BCUT2D eigenvalue weighted by Crippen LogP contribution is -2.35. The monoisotopic (exact) mass is 238 g/mol. The molecule has 0 heterocycles. The van der Waals surface area contributed by atoms with Gasteiger partial charge < -0.3 is 14.5 Å². The molecule has 0 saturated heterocycles. The first-order chi connectivity index (χ1) is 6.72. The summed E-state index contributed by atoms with van der Waals surface area (Å²) in [7, 11) is -4.54. The Morgan fingerprint density at radius 3 is 2.47 bits per heavy atom. The number of ether oxygens (including phenoxy) is 1. The highest BCUT2D eigenvalue weighted by Gasteiger charge is 2.30. The van der Waals surface area contributed by atoms with E-state index in [9.17, 15) is 9.36 Å². The van der Waals surface area contributed by atoms with Crippen molar-refractivity contribution in [3.63, 3.8) is 0 Å². The topological polar surface area (TPSA) is 93.1 Å². The van der Waals surface area contributed by atoms with E-state index in [0.717, 1.165) is 6.08 Å². The van der Waals surface area contributed by atoms with Crippen molar-refractivity contribution in [2.45, 2.75) is 25.9 Å². The summed E-state index contributed by atoms with van der Waals surface area (Å²) in [4.78, 5) is 27.9. The second-order valence-corrected chi connectivity index (χ2v) is 4.43. The highest BCUT2D eigenvalue weighted by atomic mass is 31.2. The molecule has 0 aromatic carbocycles. The van der Waals surface area contributed by atoms with Crippen molar-refractivity contribution in [3.8, 4) is 0 Å². The fourth-order valence-corrected chi connectivity index (χ4v) is 1.15. The van der Waals surface area contributed by atoms with Crippen LogP contribution in [0.3, 0.4) is 0 Å². The Balaban J connectivity index is 4.37. The first-order valence-corrected chi connectivity index (χ1v) is 5.81. The predicted molar refractivity (Wildman–Crippen MR) is 53.0 cm³/mol. The summed E-state index contributed by atoms with van der Waals surface area (Å²) in [6, 6.07) is 0. The Morgan fingerprint density at radius 2 is 2.13 bits per heavy atom. The van der Waals surface area contributed by atoms with Gasteiger partial charge >= 0.3 is 13.8 Å². The van der Waals surface area contributed by atoms with E-state index < -0.39 is 19.4 Å². The largest absolute Gasteiger partial charge is 0.469 e. The number of carbonyl (C=O) groups is 1. The maximum Gasteiger partial charge on any atom is 0.469 e. The van der Waals surface area contributed by atoms with Crippen molar-refractivity contribution >= 4 is 13.8 Å². The molecule has 0 saturated carbocycles. The molecule has 2 N–H and O–H groups in total. The van der Waals surface area contributed by atoms with Crippen LogP contribution in [0.2, 0.25) is 0 Å². The Morgan fingerprint density at radius 1 is 1.60 bits per heavy atom. The zero-order chi connectivity index (χ0) is 12.1. The molecule has 1 atom stereocenters. The molecular weight excluding hydrogens is 223 g/mol. The number of esters is 1. The number of hydrogen-bond acceptors (Lipinski definition) is 4. The van der Waals surface area contributed by atoms with Gasteiger partial charge in [-0.25, -0.2) is 9.36 Å². The normalized spacial score (nSPS) is 15.5. The number of hydrogen-bond donors (Lipinski definition) is 2. The molecule has 0 amide bonds. The van der Waals surface area contributed by atoms with Crippen LogP contribution in [0.25, 0.3) is 0 Å². The van der Waals surface area contributed by atoms with Crippen LogP contribution >= 0.6 is 7.82 Å². The number of rotatable bonds is 6. The summed E-state index contributed by atoms with van der Waals surface area (Å²) in [5.41, 5.74) is -1.06. The van der Waals surface area contributed by atoms with Crippen LogP contribution in [0.5, 0.6) is 0 Å². The number of phosphoric acid groups is 1. The SMILES string of the molecule is C=CC(=O)OC(C)(CC)COP(=O)(O)O. The van der Waals surface area contributed by atoms with Gasteiger partial charge in [0.2, 0.25) is 0 Å². The molecule has 88 valence electrons. The second kappa shape index (κ2) is 5.42. The van der Waals surface area contributed by atoms with Crippen molar-refractivity contribution in [2.75, 3.05) is 6.61 Å². The summed E-state index contributed by atoms with van der Waals surface area (Å²) >= 11 is 0. The van der Waals surface area contributed by atoms with Crippen LogP contribution in [-0.2, 0) is 18.6 Å². The van der Waals surface area contributed by atoms with E-state index in [1.165, 1.54) is 6.92 Å². The molecule has 1 unspecified atom stereocenters. The van der Waals surface area contributed by atoms with E-state index >= 15 is 0 Å². The quantitative estimate of drug-likeness (QED) is 0.407. The van der Waals surface area contributed by atoms with Gasteiger partial charge in [0.25, 0.3) is 0 Å². The average Bonchev–Trinajstić information content (AvgIpc) is 2.14. The summed E-state index contributed by atoms with van der Waals surface area (Å²) < 4.78 is 19.7. The standard InChI is InChI=1S/C8H15O6P/c1-4-7(9)14-8(3,5-2)6-13-15(10,11)12/h4H,1,5-6H2,2-3H3,(H2,10,11,12). The lowest BCUT2D eigenvalue weighted by Gasteiger charge is -2.27. The van der Waals surface area contributed by atoms with Crippen LogP contribution < -0.4 is 0 Å². The van der Waals surface area contributed by atoms with Crippen LogP contribution in [0.15, 0.2) is 12.7 Å². The smallest absolute Gasteiger partial charge is 0.454 e. The van der Waals surface area contributed by atoms with Gasteiger partial charge in [0, 0.05) is 6.08 Å². The third-order valence-corrected chi connectivity index (χ3v) is 2.27. The molecule has 0 spiro atoms. The minimum Gasteiger partial charge on any atom is -0.454 e. The fraction of sp³-hybridized carbons (Fsp3) is 0.625. The minimum atomic E-state index is -4.54. The lowest BCUT2D eigenvalue weighted by molar-refractivity contribution is -0.155. The Labute approximate surface area is 88.1 Å². The fourth-order valence-electron chi connectivity index (χ4n) is 0.709. The van der Waals surface area contributed by atoms with Gasteiger partial charge in [-0.3, -0.25) is 4.52 Å². The van der Waals surface area contributed by atoms with Crippen LogP contribution in [0, 0.1) is 0 Å². The van der Waals surface area contributed by atoms with Gasteiger partial charge in [-0.1, -0.05) is 13.5 Å². The molecule has 0 aliphatic heterocycles. The molecule has 0 fully saturated rings. The minimum absolute atomic E-state index is 0.368. The van der Waals surface area contributed by atoms with Gasteiger partial charge in [-0.2, -0.15) is 0 Å². The van der Waals surface area contributed by atoms with Gasteiger partial charge in [0.15, 0.2) is 0 Å². The van der Waals surface area contributed by atoms with E-state index in [4.69, 9.17) is 14.5 Å². The first-order valence-electron chi connectivity index (χ1n) is 4.28. The maximum atomic E-state index is 10.9. The first kappa shape index (κ1) is 14.3. The Bertz CT molecular complexity index is 283. The van der Waals surface area contributed by atoms with Crippen molar-refractivity contribution in [1.82, 2.24) is 0 Å². The third kappa shape index (κ3) is 6.41. The second-order valence-electron chi connectivity index (χ2n) is 3.19. The van der Waals surface area contributed by atoms with Gasteiger partial charge in [-0.05, 0) is 13.3 Å². The van der Waals surface area contributed by atoms with Crippen LogP contribution in [-0.4, -0.2) is 28.0 Å². The molecule has 0 rings (SSSR count). The van der Waals surface area contributed by atoms with E-state index in [-0.39, 0.29) is 6.61 Å². The molecule has 0 aromatic rings. The maximum absolute atomic E-state index is 10.9. The van der Waals surface area contributed by atoms with Crippen molar-refractivity contribution in [3.05, 3.63) is 12.7 Å². The Kier molecular flexibility index (Phi) is 5.17. The zero-order valence-electron chi connectivity index (χ0n) is 8.67. The predicted octanol–water partition coefficient (Wildman–Crippen LogP) is 0.994. The molecule has 0 aliphatic rings. The third-order valence-electron chi connectivity index (χ3n) is 1.80. The molecule has 7 heteroatoms. The number of carbonyl (C=O) groups excluding carboxylic acids is 1. The molecular formula is C8H15O6P. The summed E-state index contributed by atoms with van der Waals surface area (Å²) in [6.45, 7) is 6.08. The van der Waals surface area contributed by atoms with E-state index in [0.29, 0.717) is 6.42 Å². The van der Waals surface area contributed by atoms with Crippen molar-refractivity contribution in [2.24, 2.45) is 0 Å².